The fourth-order valence-corrected chi connectivity index (χ4v) is 3.82. The van der Waals surface area contributed by atoms with Gasteiger partial charge in [-0.2, -0.15) is 4.98 Å². The molecule has 2 aromatic carbocycles. The van der Waals surface area contributed by atoms with Gasteiger partial charge in [0.05, 0.1) is 31.9 Å². The zero-order valence-electron chi connectivity index (χ0n) is 18.0. The van der Waals surface area contributed by atoms with Crippen LogP contribution in [0.5, 0.6) is 5.75 Å². The predicted molar refractivity (Wildman–Crippen MR) is 120 cm³/mol. The first-order valence-electron chi connectivity index (χ1n) is 10.0. The van der Waals surface area contributed by atoms with E-state index in [1.165, 1.54) is 0 Å². The first-order chi connectivity index (χ1) is 15.5. The van der Waals surface area contributed by atoms with E-state index in [4.69, 9.17) is 25.6 Å². The lowest BCUT2D eigenvalue weighted by Gasteiger charge is -2.35. The third-order valence-corrected chi connectivity index (χ3v) is 5.54. The molecule has 0 spiro atoms. The van der Waals surface area contributed by atoms with Crippen molar-refractivity contribution in [2.75, 3.05) is 27.4 Å². The molecule has 166 valence electrons. The highest BCUT2D eigenvalue weighted by molar-refractivity contribution is 6.30. The zero-order valence-corrected chi connectivity index (χ0v) is 18.7. The first-order valence-corrected chi connectivity index (χ1v) is 10.4. The summed E-state index contributed by atoms with van der Waals surface area (Å²) in [6.45, 7) is 2.65. The molecule has 1 N–H and O–H groups in total. The van der Waals surface area contributed by atoms with E-state index in [0.717, 1.165) is 16.9 Å². The Balaban J connectivity index is 1.79. The van der Waals surface area contributed by atoms with Gasteiger partial charge in [0.2, 0.25) is 5.82 Å². The van der Waals surface area contributed by atoms with E-state index < -0.39 is 6.04 Å². The van der Waals surface area contributed by atoms with Gasteiger partial charge in [0, 0.05) is 23.4 Å². The monoisotopic (exact) mass is 454 g/mol. The largest absolute Gasteiger partial charge is 0.497 e. The molecule has 2 heterocycles. The quantitative estimate of drug-likeness (QED) is 0.563. The Bertz CT molecular complexity index is 1140. The summed E-state index contributed by atoms with van der Waals surface area (Å²) in [5.74, 6) is 1.46. The number of amides is 2. The molecule has 8 nitrogen and oxygen atoms in total. The summed E-state index contributed by atoms with van der Waals surface area (Å²) in [7, 11) is 3.20. The van der Waals surface area contributed by atoms with Crippen molar-refractivity contribution < 1.29 is 18.8 Å². The number of ether oxygens (including phenoxy) is 2. The van der Waals surface area contributed by atoms with E-state index in [-0.39, 0.29) is 6.03 Å². The summed E-state index contributed by atoms with van der Waals surface area (Å²) in [6, 6.07) is 14.0. The molecule has 0 fully saturated rings. The maximum absolute atomic E-state index is 12.9. The molecular weight excluding hydrogens is 432 g/mol. The van der Waals surface area contributed by atoms with E-state index >= 15 is 0 Å². The summed E-state index contributed by atoms with van der Waals surface area (Å²) in [6.07, 6.45) is 0. The number of benzene rings is 2. The van der Waals surface area contributed by atoms with E-state index in [9.17, 15) is 4.79 Å². The maximum Gasteiger partial charge on any atom is 0.322 e. The number of nitrogens with one attached hydrogen (secondary N) is 1. The van der Waals surface area contributed by atoms with Crippen LogP contribution in [0.25, 0.3) is 17.0 Å². The van der Waals surface area contributed by atoms with Crippen molar-refractivity contribution >= 4 is 23.2 Å². The third-order valence-electron chi connectivity index (χ3n) is 5.30. The molecule has 0 radical (unpaired) electrons. The number of rotatable bonds is 7. The smallest absolute Gasteiger partial charge is 0.322 e. The van der Waals surface area contributed by atoms with Gasteiger partial charge in [0.15, 0.2) is 0 Å². The minimum Gasteiger partial charge on any atom is -0.497 e. The number of carbonyl (C=O) groups excluding carboxylic acids is 1. The predicted octanol–water partition coefficient (Wildman–Crippen LogP) is 4.54. The van der Waals surface area contributed by atoms with E-state index in [1.807, 2.05) is 43.3 Å². The molecule has 32 heavy (non-hydrogen) atoms. The molecule has 0 aliphatic carbocycles. The van der Waals surface area contributed by atoms with E-state index in [1.54, 1.807) is 31.3 Å². The van der Waals surface area contributed by atoms with Crippen molar-refractivity contribution in [2.24, 2.45) is 0 Å². The fraction of sp³-hybridized carbons (Fsp3) is 0.261. The molecule has 1 unspecified atom stereocenters. The van der Waals surface area contributed by atoms with Crippen LogP contribution in [-0.2, 0) is 4.74 Å². The van der Waals surface area contributed by atoms with Gasteiger partial charge in [-0.3, -0.25) is 4.90 Å². The van der Waals surface area contributed by atoms with Crippen LogP contribution in [0.15, 0.2) is 58.8 Å². The Hall–Kier alpha value is -3.36. The highest BCUT2D eigenvalue weighted by Gasteiger charge is 2.35. The lowest BCUT2D eigenvalue weighted by atomic mass is 9.94. The molecule has 1 aromatic heterocycles. The molecule has 1 aliphatic rings. The van der Waals surface area contributed by atoms with Crippen LogP contribution >= 0.6 is 11.6 Å². The van der Waals surface area contributed by atoms with Crippen molar-refractivity contribution in [2.45, 2.75) is 13.0 Å². The Kier molecular flexibility index (Phi) is 6.43. The molecule has 1 aliphatic heterocycles. The van der Waals surface area contributed by atoms with Crippen molar-refractivity contribution in [1.82, 2.24) is 20.4 Å². The van der Waals surface area contributed by atoms with Gasteiger partial charge >= 0.3 is 6.03 Å². The Morgan fingerprint density at radius 3 is 2.66 bits per heavy atom. The number of aromatic nitrogens is 2. The minimum absolute atomic E-state index is 0.223. The molecule has 0 saturated heterocycles. The Morgan fingerprint density at radius 1 is 1.19 bits per heavy atom. The normalized spacial score (nSPS) is 16.3. The number of urea groups is 1. The molecule has 2 amide bonds. The van der Waals surface area contributed by atoms with Crippen LogP contribution < -0.4 is 10.1 Å². The van der Waals surface area contributed by atoms with Gasteiger partial charge in [-0.1, -0.05) is 41.0 Å². The lowest BCUT2D eigenvalue weighted by molar-refractivity contribution is 0.158. The van der Waals surface area contributed by atoms with Crippen LogP contribution in [0.2, 0.25) is 5.02 Å². The van der Waals surface area contributed by atoms with Gasteiger partial charge < -0.3 is 19.3 Å². The topological polar surface area (TPSA) is 89.7 Å². The molecule has 0 bridgehead atoms. The summed E-state index contributed by atoms with van der Waals surface area (Å²) in [5.41, 5.74) is 3.03. The molecule has 0 saturated carbocycles. The highest BCUT2D eigenvalue weighted by Crippen LogP contribution is 2.37. The van der Waals surface area contributed by atoms with Crippen LogP contribution in [0.4, 0.5) is 4.79 Å². The van der Waals surface area contributed by atoms with E-state index in [0.29, 0.717) is 41.2 Å². The molecule has 4 rings (SSSR count). The average molecular weight is 455 g/mol. The lowest BCUT2D eigenvalue weighted by Crippen LogP contribution is -2.47. The van der Waals surface area contributed by atoms with Gasteiger partial charge in [0.25, 0.3) is 5.89 Å². The first kappa shape index (κ1) is 21.9. The second-order valence-corrected chi connectivity index (χ2v) is 7.67. The van der Waals surface area contributed by atoms with Crippen LogP contribution in [-0.4, -0.2) is 48.4 Å². The average Bonchev–Trinajstić information content (AvgIpc) is 3.28. The van der Waals surface area contributed by atoms with Gasteiger partial charge in [-0.05, 0) is 36.8 Å². The standard InChI is InChI=1S/C23H23ClN4O4/c1-14-19(22-26-21(27-32-22)16-5-4-6-17(24)13-16)20(15-7-9-18(31-3)10-8-15)25-23(29)28(14)11-12-30-2/h4-10,13,20H,11-12H2,1-3H3,(H,25,29). The minimum atomic E-state index is -0.472. The molecule has 9 heteroatoms. The zero-order chi connectivity index (χ0) is 22.7. The number of hydrogen-bond acceptors (Lipinski definition) is 6. The van der Waals surface area contributed by atoms with Crippen LogP contribution in [0.1, 0.15) is 24.4 Å². The highest BCUT2D eigenvalue weighted by atomic mass is 35.5. The number of halogens is 1. The van der Waals surface area contributed by atoms with Crippen molar-refractivity contribution in [3.8, 4) is 17.1 Å². The van der Waals surface area contributed by atoms with Crippen LogP contribution in [0.3, 0.4) is 0 Å². The number of allylic oxidation sites excluding steroid dienone is 1. The number of nitrogens with zero attached hydrogens (tertiary/aromatic N) is 3. The second-order valence-electron chi connectivity index (χ2n) is 7.23. The molecule has 3 aromatic rings. The molecule has 1 atom stereocenters. The van der Waals surface area contributed by atoms with Gasteiger partial charge in [0.1, 0.15) is 5.75 Å². The van der Waals surface area contributed by atoms with Gasteiger partial charge in [-0.25, -0.2) is 4.79 Å². The van der Waals surface area contributed by atoms with Crippen molar-refractivity contribution in [3.05, 3.63) is 70.7 Å². The Labute approximate surface area is 190 Å². The third kappa shape index (κ3) is 4.32. The number of carbonyl (C=O) groups is 1. The summed E-state index contributed by atoms with van der Waals surface area (Å²) >= 11 is 6.11. The fourth-order valence-electron chi connectivity index (χ4n) is 3.63. The Morgan fingerprint density at radius 2 is 1.97 bits per heavy atom. The van der Waals surface area contributed by atoms with Crippen LogP contribution in [0, 0.1) is 0 Å². The van der Waals surface area contributed by atoms with Crippen molar-refractivity contribution in [3.63, 3.8) is 0 Å². The van der Waals surface area contributed by atoms with Gasteiger partial charge in [-0.15, -0.1) is 0 Å². The number of hydrogen-bond donors (Lipinski definition) is 1. The number of methoxy groups -OCH3 is 2. The van der Waals surface area contributed by atoms with E-state index in [2.05, 4.69) is 15.5 Å². The maximum atomic E-state index is 12.9. The second kappa shape index (κ2) is 9.42. The van der Waals surface area contributed by atoms with Crippen molar-refractivity contribution in [1.29, 1.82) is 0 Å². The summed E-state index contributed by atoms with van der Waals surface area (Å²) < 4.78 is 16.1. The SMILES string of the molecule is COCCN1C(=O)NC(c2ccc(OC)cc2)C(c2nc(-c3cccc(Cl)c3)no2)=C1C. The summed E-state index contributed by atoms with van der Waals surface area (Å²) in [4.78, 5) is 19.1. The molecular formula is C23H23ClN4O4. The summed E-state index contributed by atoms with van der Waals surface area (Å²) in [5, 5.41) is 7.77.